The Bertz CT molecular complexity index is 413. The van der Waals surface area contributed by atoms with Gasteiger partial charge < -0.3 is 5.32 Å². The second-order valence-electron chi connectivity index (χ2n) is 5.11. The van der Waals surface area contributed by atoms with Crippen LogP contribution in [0.25, 0.3) is 0 Å². The summed E-state index contributed by atoms with van der Waals surface area (Å²) in [6.07, 6.45) is 2.29. The summed E-state index contributed by atoms with van der Waals surface area (Å²) in [5, 5.41) is 6.05. The van der Waals surface area contributed by atoms with Crippen molar-refractivity contribution in [2.75, 3.05) is 18.1 Å². The second kappa shape index (κ2) is 8.57. The molecule has 20 heavy (non-hydrogen) atoms. The Morgan fingerprint density at radius 2 is 2.00 bits per heavy atom. The van der Waals surface area contributed by atoms with Gasteiger partial charge in [0.05, 0.1) is 0 Å². The predicted octanol–water partition coefficient (Wildman–Crippen LogP) is 4.49. The Hall–Kier alpha value is 0.170. The van der Waals surface area contributed by atoms with Gasteiger partial charge in [-0.05, 0) is 31.0 Å². The van der Waals surface area contributed by atoms with E-state index in [1.165, 1.54) is 23.5 Å². The zero-order valence-corrected chi connectivity index (χ0v) is 14.7. The van der Waals surface area contributed by atoms with E-state index in [0.29, 0.717) is 11.3 Å². The Balaban J connectivity index is 2.11. The molecule has 0 spiro atoms. The summed E-state index contributed by atoms with van der Waals surface area (Å²) in [6.45, 7) is 5.53. The van der Waals surface area contributed by atoms with Crippen LogP contribution in [-0.4, -0.2) is 34.6 Å². The monoisotopic (exact) mass is 329 g/mol. The zero-order valence-electron chi connectivity index (χ0n) is 12.3. The molecule has 0 saturated carbocycles. The first kappa shape index (κ1) is 16.5. The number of nitrogens with one attached hydrogen (secondary N) is 1. The smallest absolute Gasteiger partial charge is 0.0438 e. The van der Waals surface area contributed by atoms with Crippen LogP contribution in [0.3, 0.4) is 0 Å². The highest BCUT2D eigenvalue weighted by Gasteiger charge is 2.31. The van der Waals surface area contributed by atoms with Crippen molar-refractivity contribution in [3.63, 3.8) is 0 Å². The largest absolute Gasteiger partial charge is 0.313 e. The maximum Gasteiger partial charge on any atom is 0.0438 e. The third-order valence-electron chi connectivity index (χ3n) is 3.75. The SMILES string of the molecule is CCNC(Cc1ccccc1Cl)C1SCCSC1CC. The zero-order chi connectivity index (χ0) is 14.4. The van der Waals surface area contributed by atoms with Crippen LogP contribution in [0.4, 0.5) is 0 Å². The molecule has 1 heterocycles. The average molecular weight is 330 g/mol. The molecule has 1 saturated heterocycles. The minimum Gasteiger partial charge on any atom is -0.313 e. The van der Waals surface area contributed by atoms with E-state index in [1.54, 1.807) is 0 Å². The Kier molecular flexibility index (Phi) is 7.09. The summed E-state index contributed by atoms with van der Waals surface area (Å²) in [6, 6.07) is 8.77. The lowest BCUT2D eigenvalue weighted by molar-refractivity contribution is 0.490. The maximum atomic E-state index is 6.34. The first-order chi connectivity index (χ1) is 9.76. The van der Waals surface area contributed by atoms with Gasteiger partial charge in [-0.1, -0.05) is 43.6 Å². The maximum absolute atomic E-state index is 6.34. The summed E-state index contributed by atoms with van der Waals surface area (Å²) in [4.78, 5) is 0. The van der Waals surface area contributed by atoms with Crippen molar-refractivity contribution in [1.29, 1.82) is 0 Å². The fourth-order valence-electron chi connectivity index (χ4n) is 2.78. The molecule has 1 aliphatic heterocycles. The second-order valence-corrected chi connectivity index (χ2v) is 8.15. The topological polar surface area (TPSA) is 12.0 Å². The lowest BCUT2D eigenvalue weighted by Crippen LogP contribution is -2.46. The van der Waals surface area contributed by atoms with Crippen LogP contribution < -0.4 is 5.32 Å². The standard InChI is InChI=1S/C16H24ClNS2/c1-3-15-16(20-10-9-19-15)14(18-4-2)11-12-7-5-6-8-13(12)17/h5-8,14-16,18H,3-4,9-11H2,1-2H3. The average Bonchev–Trinajstić information content (AvgIpc) is 2.49. The minimum atomic E-state index is 0.516. The van der Waals surface area contributed by atoms with Crippen LogP contribution in [0.15, 0.2) is 24.3 Å². The van der Waals surface area contributed by atoms with Gasteiger partial charge in [0.15, 0.2) is 0 Å². The van der Waals surface area contributed by atoms with Gasteiger partial charge in [-0.3, -0.25) is 0 Å². The molecule has 0 amide bonds. The molecule has 0 radical (unpaired) electrons. The van der Waals surface area contributed by atoms with Gasteiger partial charge in [0.1, 0.15) is 0 Å². The van der Waals surface area contributed by atoms with E-state index in [9.17, 15) is 0 Å². The van der Waals surface area contributed by atoms with Gasteiger partial charge in [-0.25, -0.2) is 0 Å². The summed E-state index contributed by atoms with van der Waals surface area (Å²) in [5.41, 5.74) is 1.27. The molecule has 1 nitrogen and oxygen atoms in total. The number of hydrogen-bond donors (Lipinski definition) is 1. The quantitative estimate of drug-likeness (QED) is 0.826. The van der Waals surface area contributed by atoms with Crippen LogP contribution in [0, 0.1) is 0 Å². The van der Waals surface area contributed by atoms with Crippen LogP contribution in [0.5, 0.6) is 0 Å². The molecule has 1 aromatic rings. The van der Waals surface area contributed by atoms with Gasteiger partial charge in [-0.15, -0.1) is 0 Å². The van der Waals surface area contributed by atoms with Crippen molar-refractivity contribution >= 4 is 35.1 Å². The third kappa shape index (κ3) is 4.33. The minimum absolute atomic E-state index is 0.516. The number of halogens is 1. The molecule has 1 aromatic carbocycles. The van der Waals surface area contributed by atoms with Crippen LogP contribution in [0.2, 0.25) is 5.02 Å². The predicted molar refractivity (Wildman–Crippen MR) is 95.4 cm³/mol. The number of thioether (sulfide) groups is 2. The van der Waals surface area contributed by atoms with E-state index in [2.05, 4.69) is 54.8 Å². The third-order valence-corrected chi connectivity index (χ3v) is 7.53. The Morgan fingerprint density at radius 3 is 2.70 bits per heavy atom. The molecule has 1 fully saturated rings. The van der Waals surface area contributed by atoms with E-state index < -0.39 is 0 Å². The number of benzene rings is 1. The number of hydrogen-bond acceptors (Lipinski definition) is 3. The molecule has 0 aliphatic carbocycles. The molecular formula is C16H24ClNS2. The van der Waals surface area contributed by atoms with Crippen molar-refractivity contribution in [2.24, 2.45) is 0 Å². The van der Waals surface area contributed by atoms with Gasteiger partial charge >= 0.3 is 0 Å². The van der Waals surface area contributed by atoms with Crippen molar-refractivity contribution in [1.82, 2.24) is 5.32 Å². The van der Waals surface area contributed by atoms with E-state index in [4.69, 9.17) is 11.6 Å². The van der Waals surface area contributed by atoms with E-state index in [-0.39, 0.29) is 0 Å². The summed E-state index contributed by atoms with van der Waals surface area (Å²) < 4.78 is 0. The first-order valence-corrected chi connectivity index (χ1v) is 9.93. The highest BCUT2D eigenvalue weighted by molar-refractivity contribution is 8.07. The molecule has 3 unspecified atom stereocenters. The molecule has 0 bridgehead atoms. The van der Waals surface area contributed by atoms with Gasteiger partial charge in [-0.2, -0.15) is 23.5 Å². The van der Waals surface area contributed by atoms with Crippen LogP contribution >= 0.6 is 35.1 Å². The van der Waals surface area contributed by atoms with E-state index in [0.717, 1.165) is 23.2 Å². The molecule has 0 aromatic heterocycles. The van der Waals surface area contributed by atoms with E-state index in [1.807, 2.05) is 12.1 Å². The highest BCUT2D eigenvalue weighted by Crippen LogP contribution is 2.36. The van der Waals surface area contributed by atoms with Crippen molar-refractivity contribution in [3.05, 3.63) is 34.9 Å². The fraction of sp³-hybridized carbons (Fsp3) is 0.625. The fourth-order valence-corrected chi connectivity index (χ4v) is 6.25. The Morgan fingerprint density at radius 1 is 1.25 bits per heavy atom. The first-order valence-electron chi connectivity index (χ1n) is 7.46. The molecule has 4 heteroatoms. The van der Waals surface area contributed by atoms with Crippen molar-refractivity contribution in [3.8, 4) is 0 Å². The summed E-state index contributed by atoms with van der Waals surface area (Å²) in [7, 11) is 0. The van der Waals surface area contributed by atoms with Crippen LogP contribution in [0.1, 0.15) is 25.8 Å². The molecule has 2 rings (SSSR count). The van der Waals surface area contributed by atoms with Crippen LogP contribution in [-0.2, 0) is 6.42 Å². The number of rotatable bonds is 6. The highest BCUT2D eigenvalue weighted by atomic mass is 35.5. The van der Waals surface area contributed by atoms with Gasteiger partial charge in [0.2, 0.25) is 0 Å². The summed E-state index contributed by atoms with van der Waals surface area (Å²) in [5.74, 6) is 2.57. The van der Waals surface area contributed by atoms with Gasteiger partial charge in [0, 0.05) is 33.1 Å². The molecule has 3 atom stereocenters. The Labute approximate surface area is 136 Å². The molecule has 112 valence electrons. The molecule has 1 aliphatic rings. The lowest BCUT2D eigenvalue weighted by atomic mass is 10.00. The van der Waals surface area contributed by atoms with Crippen molar-refractivity contribution in [2.45, 2.75) is 43.2 Å². The lowest BCUT2D eigenvalue weighted by Gasteiger charge is -2.36. The van der Waals surface area contributed by atoms with Gasteiger partial charge in [0.25, 0.3) is 0 Å². The normalized spacial score (nSPS) is 24.6. The molecular weight excluding hydrogens is 306 g/mol. The molecule has 1 N–H and O–H groups in total. The van der Waals surface area contributed by atoms with E-state index >= 15 is 0 Å². The summed E-state index contributed by atoms with van der Waals surface area (Å²) >= 11 is 10.6. The van der Waals surface area contributed by atoms with Crippen molar-refractivity contribution < 1.29 is 0 Å². The number of likely N-dealkylation sites (N-methyl/N-ethyl adjacent to an activating group) is 1.